The number of guanidine groups is 1. The molecule has 0 spiro atoms. The first kappa shape index (κ1) is 24.7. The number of imidazole rings is 1. The molecule has 0 aliphatic heterocycles. The van der Waals surface area contributed by atoms with Gasteiger partial charge in [-0.15, -0.1) is 24.0 Å². The van der Waals surface area contributed by atoms with E-state index in [0.29, 0.717) is 12.0 Å². The van der Waals surface area contributed by atoms with Crippen molar-refractivity contribution in [2.24, 2.45) is 10.4 Å². The molecule has 0 saturated heterocycles. The second-order valence-corrected chi connectivity index (χ2v) is 8.00. The molecule has 1 aromatic heterocycles. The molecular weight excluding hydrogens is 489 g/mol. The van der Waals surface area contributed by atoms with Crippen molar-refractivity contribution < 1.29 is 4.74 Å². The van der Waals surface area contributed by atoms with E-state index in [1.165, 1.54) is 24.8 Å². The summed E-state index contributed by atoms with van der Waals surface area (Å²) in [6, 6.07) is 10.6. The first-order valence-electron chi connectivity index (χ1n) is 10.7. The summed E-state index contributed by atoms with van der Waals surface area (Å²) in [5.74, 6) is 1.88. The van der Waals surface area contributed by atoms with Crippen molar-refractivity contribution in [3.63, 3.8) is 0 Å². The summed E-state index contributed by atoms with van der Waals surface area (Å²) >= 11 is 0. The fourth-order valence-corrected chi connectivity index (χ4v) is 3.97. The summed E-state index contributed by atoms with van der Waals surface area (Å²) in [6.45, 7) is 3.41. The Morgan fingerprint density at radius 2 is 2.03 bits per heavy atom. The minimum atomic E-state index is 0. The van der Waals surface area contributed by atoms with E-state index in [0.717, 1.165) is 50.7 Å². The molecular formula is C23H36IN5O. The highest BCUT2D eigenvalue weighted by Gasteiger charge is 2.36. The van der Waals surface area contributed by atoms with Gasteiger partial charge in [0.05, 0.1) is 6.54 Å². The van der Waals surface area contributed by atoms with Gasteiger partial charge in [0, 0.05) is 46.2 Å². The van der Waals surface area contributed by atoms with Crippen molar-refractivity contribution in [1.29, 1.82) is 0 Å². The number of hydrogen-bond acceptors (Lipinski definition) is 3. The van der Waals surface area contributed by atoms with Crippen LogP contribution in [0.1, 0.15) is 43.5 Å². The first-order chi connectivity index (χ1) is 14.2. The molecule has 30 heavy (non-hydrogen) atoms. The van der Waals surface area contributed by atoms with E-state index < -0.39 is 0 Å². The van der Waals surface area contributed by atoms with Crippen LogP contribution in [0, 0.1) is 5.41 Å². The van der Waals surface area contributed by atoms with Crippen molar-refractivity contribution in [3.05, 3.63) is 54.1 Å². The second kappa shape index (κ2) is 12.9. The zero-order valence-electron chi connectivity index (χ0n) is 18.3. The Hall–Kier alpha value is -1.61. The maximum absolute atomic E-state index is 5.29. The van der Waals surface area contributed by atoms with Crippen LogP contribution < -0.4 is 10.6 Å². The lowest BCUT2D eigenvalue weighted by Crippen LogP contribution is -2.46. The Labute approximate surface area is 197 Å². The number of benzene rings is 1. The first-order valence-corrected chi connectivity index (χ1v) is 10.7. The zero-order chi connectivity index (χ0) is 20.4. The van der Waals surface area contributed by atoms with Crippen LogP contribution in [-0.4, -0.2) is 42.8 Å². The molecule has 1 heterocycles. The second-order valence-electron chi connectivity index (χ2n) is 8.00. The molecule has 0 unspecified atom stereocenters. The molecule has 0 atom stereocenters. The molecule has 0 radical (unpaired) electrons. The van der Waals surface area contributed by atoms with E-state index in [-0.39, 0.29) is 24.0 Å². The van der Waals surface area contributed by atoms with Crippen molar-refractivity contribution in [2.45, 2.75) is 51.6 Å². The molecule has 7 heteroatoms. The van der Waals surface area contributed by atoms with E-state index >= 15 is 0 Å². The van der Waals surface area contributed by atoms with Crippen LogP contribution in [0.25, 0.3) is 0 Å². The maximum Gasteiger partial charge on any atom is 0.191 e. The Bertz CT molecular complexity index is 758. The Morgan fingerprint density at radius 1 is 1.23 bits per heavy atom. The molecule has 1 aliphatic rings. The lowest BCUT2D eigenvalue weighted by atomic mass is 9.67. The minimum Gasteiger partial charge on any atom is -0.385 e. The van der Waals surface area contributed by atoms with Gasteiger partial charge in [-0.25, -0.2) is 4.98 Å². The Kier molecular flexibility index (Phi) is 10.6. The van der Waals surface area contributed by atoms with Crippen LogP contribution in [0.2, 0.25) is 0 Å². The SMILES string of the molecule is CN=C(NCc1nccn1CCCc1ccccc1)NCC1(CCOC)CCC1.I. The number of aryl methyl sites for hydroxylation is 2. The molecule has 1 aromatic carbocycles. The molecule has 0 bridgehead atoms. The van der Waals surface area contributed by atoms with Gasteiger partial charge < -0.3 is 19.9 Å². The highest BCUT2D eigenvalue weighted by molar-refractivity contribution is 14.0. The number of nitrogens with zero attached hydrogens (tertiary/aromatic N) is 3. The Morgan fingerprint density at radius 3 is 2.70 bits per heavy atom. The lowest BCUT2D eigenvalue weighted by molar-refractivity contribution is 0.0732. The van der Waals surface area contributed by atoms with Gasteiger partial charge in [-0.1, -0.05) is 36.8 Å². The standard InChI is InChI=1S/C23H35N5O.HI/c1-24-22(27-19-23(11-7-12-23)13-17-29-2)26-18-21-25-14-16-28(21)15-6-10-20-8-4-3-5-9-20;/h3-5,8-9,14,16H,6-7,10-13,15,17-19H2,1-2H3,(H2,24,26,27);1H. The van der Waals surface area contributed by atoms with E-state index in [1.54, 1.807) is 7.11 Å². The van der Waals surface area contributed by atoms with E-state index in [1.807, 2.05) is 13.2 Å². The summed E-state index contributed by atoms with van der Waals surface area (Å²) in [5, 5.41) is 6.94. The third-order valence-electron chi connectivity index (χ3n) is 6.03. The van der Waals surface area contributed by atoms with E-state index in [2.05, 4.69) is 61.7 Å². The van der Waals surface area contributed by atoms with Crippen LogP contribution in [0.4, 0.5) is 0 Å². The maximum atomic E-state index is 5.29. The number of hydrogen-bond donors (Lipinski definition) is 2. The molecule has 1 fully saturated rings. The normalized spacial score (nSPS) is 15.2. The summed E-state index contributed by atoms with van der Waals surface area (Å²) in [5.41, 5.74) is 1.75. The van der Waals surface area contributed by atoms with Gasteiger partial charge in [0.25, 0.3) is 0 Å². The predicted octanol–water partition coefficient (Wildman–Crippen LogP) is 4.01. The van der Waals surface area contributed by atoms with E-state index in [9.17, 15) is 0 Å². The van der Waals surface area contributed by atoms with Crippen molar-refractivity contribution >= 4 is 29.9 Å². The molecule has 0 amide bonds. The molecule has 3 rings (SSSR count). The van der Waals surface area contributed by atoms with Gasteiger partial charge in [-0.2, -0.15) is 0 Å². The third-order valence-corrected chi connectivity index (χ3v) is 6.03. The number of aliphatic imine (C=N–C) groups is 1. The van der Waals surface area contributed by atoms with Crippen LogP contribution >= 0.6 is 24.0 Å². The van der Waals surface area contributed by atoms with Crippen LogP contribution in [0.15, 0.2) is 47.7 Å². The highest BCUT2D eigenvalue weighted by Crippen LogP contribution is 2.43. The summed E-state index contributed by atoms with van der Waals surface area (Å²) in [4.78, 5) is 8.91. The van der Waals surface area contributed by atoms with Crippen LogP contribution in [-0.2, 0) is 24.2 Å². The van der Waals surface area contributed by atoms with Gasteiger partial charge in [-0.3, -0.25) is 4.99 Å². The van der Waals surface area contributed by atoms with Gasteiger partial charge in [-0.05, 0) is 43.1 Å². The lowest BCUT2D eigenvalue weighted by Gasteiger charge is -2.42. The van der Waals surface area contributed by atoms with Crippen molar-refractivity contribution in [1.82, 2.24) is 20.2 Å². The number of nitrogens with one attached hydrogen (secondary N) is 2. The molecule has 1 aliphatic carbocycles. The summed E-state index contributed by atoms with van der Waals surface area (Å²) in [6.07, 6.45) is 11.1. The highest BCUT2D eigenvalue weighted by atomic mass is 127. The molecule has 2 aromatic rings. The van der Waals surface area contributed by atoms with Gasteiger partial charge in [0.1, 0.15) is 5.82 Å². The predicted molar refractivity (Wildman–Crippen MR) is 133 cm³/mol. The number of ether oxygens (including phenoxy) is 1. The topological polar surface area (TPSA) is 63.5 Å². The minimum absolute atomic E-state index is 0. The van der Waals surface area contributed by atoms with Crippen molar-refractivity contribution in [3.8, 4) is 0 Å². The van der Waals surface area contributed by atoms with Crippen molar-refractivity contribution in [2.75, 3.05) is 27.3 Å². The quantitative estimate of drug-likeness (QED) is 0.265. The van der Waals surface area contributed by atoms with Crippen LogP contribution in [0.3, 0.4) is 0 Å². The average molecular weight is 525 g/mol. The number of rotatable bonds is 11. The van der Waals surface area contributed by atoms with Gasteiger partial charge in [0.15, 0.2) is 5.96 Å². The Balaban J connectivity index is 0.00000320. The van der Waals surface area contributed by atoms with Crippen LogP contribution in [0.5, 0.6) is 0 Å². The van der Waals surface area contributed by atoms with Gasteiger partial charge in [0.2, 0.25) is 0 Å². The fourth-order valence-electron chi connectivity index (χ4n) is 3.97. The molecule has 1 saturated carbocycles. The smallest absolute Gasteiger partial charge is 0.191 e. The largest absolute Gasteiger partial charge is 0.385 e. The fraction of sp³-hybridized carbons (Fsp3) is 0.565. The molecule has 166 valence electrons. The van der Waals surface area contributed by atoms with Gasteiger partial charge >= 0.3 is 0 Å². The third kappa shape index (κ3) is 7.27. The number of halogens is 1. The summed E-state index contributed by atoms with van der Waals surface area (Å²) in [7, 11) is 3.60. The zero-order valence-corrected chi connectivity index (χ0v) is 20.6. The molecule has 2 N–H and O–H groups in total. The monoisotopic (exact) mass is 525 g/mol. The average Bonchev–Trinajstić information content (AvgIpc) is 3.17. The number of aromatic nitrogens is 2. The van der Waals surface area contributed by atoms with E-state index in [4.69, 9.17) is 4.74 Å². The number of methoxy groups -OCH3 is 1. The summed E-state index contributed by atoms with van der Waals surface area (Å²) < 4.78 is 7.52. The molecule has 6 nitrogen and oxygen atoms in total.